The molecule has 7 nitrogen and oxygen atoms in total. The molecule has 0 unspecified atom stereocenters. The summed E-state index contributed by atoms with van der Waals surface area (Å²) in [4.78, 5) is 38.4. The fourth-order valence-corrected chi connectivity index (χ4v) is 4.69. The van der Waals surface area contributed by atoms with Gasteiger partial charge in [-0.25, -0.2) is 4.79 Å². The molecule has 0 bridgehead atoms. The van der Waals surface area contributed by atoms with Crippen molar-refractivity contribution in [1.29, 1.82) is 0 Å². The van der Waals surface area contributed by atoms with Crippen molar-refractivity contribution < 1.29 is 19.1 Å². The molecular weight excluding hydrogens is 454 g/mol. The van der Waals surface area contributed by atoms with Crippen molar-refractivity contribution in [2.75, 3.05) is 10.6 Å². The van der Waals surface area contributed by atoms with E-state index < -0.39 is 11.6 Å². The van der Waals surface area contributed by atoms with E-state index in [-0.39, 0.29) is 11.8 Å². The Bertz CT molecular complexity index is 1280. The van der Waals surface area contributed by atoms with Gasteiger partial charge in [0, 0.05) is 24.5 Å². The number of esters is 1. The number of anilines is 2. The lowest BCUT2D eigenvalue weighted by atomic mass is 10.1. The highest BCUT2D eigenvalue weighted by molar-refractivity contribution is 6.15. The van der Waals surface area contributed by atoms with E-state index in [0.29, 0.717) is 33.8 Å². The van der Waals surface area contributed by atoms with Crippen LogP contribution in [0.3, 0.4) is 0 Å². The van der Waals surface area contributed by atoms with E-state index in [1.54, 1.807) is 18.3 Å². The number of nitrogens with zero attached hydrogens (tertiary/aromatic N) is 1. The van der Waals surface area contributed by atoms with Gasteiger partial charge in [0.15, 0.2) is 0 Å². The minimum absolute atomic E-state index is 0.173. The maximum atomic E-state index is 13.5. The summed E-state index contributed by atoms with van der Waals surface area (Å²) < 4.78 is 7.03. The van der Waals surface area contributed by atoms with Crippen molar-refractivity contribution in [2.24, 2.45) is 0 Å². The van der Waals surface area contributed by atoms with Gasteiger partial charge in [-0.1, -0.05) is 43.9 Å². The Hall–Kier alpha value is -3.61. The fourth-order valence-electron chi connectivity index (χ4n) is 4.69. The summed E-state index contributed by atoms with van der Waals surface area (Å²) in [5.74, 6) is -0.975. The van der Waals surface area contributed by atoms with Gasteiger partial charge in [0.1, 0.15) is 5.60 Å². The number of fused-ring (bicyclic) bond motifs is 1. The van der Waals surface area contributed by atoms with Crippen LogP contribution in [0, 0.1) is 0 Å². The van der Waals surface area contributed by atoms with Crippen LogP contribution < -0.4 is 10.6 Å². The number of benzene rings is 2. The van der Waals surface area contributed by atoms with Crippen molar-refractivity contribution in [3.05, 3.63) is 59.8 Å². The first-order chi connectivity index (χ1) is 17.1. The van der Waals surface area contributed by atoms with Crippen LogP contribution in [0.5, 0.6) is 0 Å². The zero-order chi connectivity index (χ0) is 25.9. The van der Waals surface area contributed by atoms with Gasteiger partial charge < -0.3 is 15.4 Å². The third-order valence-electron chi connectivity index (χ3n) is 6.41. The van der Waals surface area contributed by atoms with E-state index in [2.05, 4.69) is 10.6 Å². The Morgan fingerprint density at radius 2 is 1.64 bits per heavy atom. The molecule has 0 atom stereocenters. The van der Waals surface area contributed by atoms with E-state index >= 15 is 0 Å². The molecule has 0 spiro atoms. The maximum Gasteiger partial charge on any atom is 0.338 e. The van der Waals surface area contributed by atoms with Gasteiger partial charge in [-0.3, -0.25) is 14.2 Å². The Morgan fingerprint density at radius 3 is 2.31 bits per heavy atom. The van der Waals surface area contributed by atoms with Gasteiger partial charge in [0.05, 0.1) is 28.0 Å². The van der Waals surface area contributed by atoms with Crippen LogP contribution >= 0.6 is 0 Å². The first-order valence-corrected chi connectivity index (χ1v) is 12.7. The Morgan fingerprint density at radius 1 is 0.944 bits per heavy atom. The SMILES string of the molecule is CC(=O)n1cc(C(=O)Nc2cc(C(=O)OC(C)(C)C)ccc2NC2CCCCCC2)c2ccccc21. The van der Waals surface area contributed by atoms with Crippen LogP contribution in [0.1, 0.15) is 91.7 Å². The lowest BCUT2D eigenvalue weighted by Crippen LogP contribution is -2.24. The summed E-state index contributed by atoms with van der Waals surface area (Å²) in [5, 5.41) is 7.28. The predicted molar refractivity (Wildman–Crippen MR) is 143 cm³/mol. The summed E-state index contributed by atoms with van der Waals surface area (Å²) >= 11 is 0. The summed E-state index contributed by atoms with van der Waals surface area (Å²) in [6.07, 6.45) is 8.50. The quantitative estimate of drug-likeness (QED) is 0.310. The molecule has 36 heavy (non-hydrogen) atoms. The number of nitrogens with one attached hydrogen (secondary N) is 2. The average molecular weight is 490 g/mol. The van der Waals surface area contributed by atoms with Gasteiger partial charge in [-0.15, -0.1) is 0 Å². The molecule has 1 heterocycles. The number of ether oxygens (including phenoxy) is 1. The standard InChI is InChI=1S/C29H35N3O4/c1-19(33)32-18-23(22-13-9-10-14-26(22)32)27(34)31-25-17-20(28(35)36-29(2,3)4)15-16-24(25)30-21-11-7-5-6-8-12-21/h9-10,13-18,21,30H,5-8,11-12H2,1-4H3,(H,31,34). The molecule has 7 heteroatoms. The molecule has 1 fully saturated rings. The lowest BCUT2D eigenvalue weighted by molar-refractivity contribution is 0.00693. The van der Waals surface area contributed by atoms with Gasteiger partial charge in [0.2, 0.25) is 5.91 Å². The summed E-state index contributed by atoms with van der Waals surface area (Å²) in [5.41, 5.74) is 2.06. The molecule has 1 aromatic heterocycles. The van der Waals surface area contributed by atoms with Crippen molar-refractivity contribution in [1.82, 2.24) is 4.57 Å². The van der Waals surface area contributed by atoms with Crippen LogP contribution in [0.25, 0.3) is 10.9 Å². The van der Waals surface area contributed by atoms with E-state index in [0.717, 1.165) is 18.5 Å². The normalized spacial score (nSPS) is 14.8. The number of para-hydroxylation sites is 1. The number of aromatic nitrogens is 1. The molecule has 0 radical (unpaired) electrons. The monoisotopic (exact) mass is 489 g/mol. The number of amides is 1. The number of hydrogen-bond acceptors (Lipinski definition) is 5. The third-order valence-corrected chi connectivity index (χ3v) is 6.41. The Labute approximate surface area is 212 Å². The van der Waals surface area contributed by atoms with E-state index in [9.17, 15) is 14.4 Å². The van der Waals surface area contributed by atoms with Crippen molar-refractivity contribution in [3.8, 4) is 0 Å². The van der Waals surface area contributed by atoms with Crippen molar-refractivity contribution in [3.63, 3.8) is 0 Å². The second kappa shape index (κ2) is 10.6. The van der Waals surface area contributed by atoms with Gasteiger partial charge in [-0.2, -0.15) is 0 Å². The highest BCUT2D eigenvalue weighted by atomic mass is 16.6. The largest absolute Gasteiger partial charge is 0.456 e. The fraction of sp³-hybridized carbons (Fsp3) is 0.414. The minimum Gasteiger partial charge on any atom is -0.456 e. The van der Waals surface area contributed by atoms with Gasteiger partial charge >= 0.3 is 5.97 Å². The van der Waals surface area contributed by atoms with E-state index in [4.69, 9.17) is 4.74 Å². The van der Waals surface area contributed by atoms with Gasteiger partial charge in [0.25, 0.3) is 5.91 Å². The first kappa shape index (κ1) is 25.5. The molecule has 190 valence electrons. The van der Waals surface area contributed by atoms with E-state index in [1.807, 2.05) is 51.1 Å². The molecule has 0 aliphatic heterocycles. The lowest BCUT2D eigenvalue weighted by Gasteiger charge is -2.22. The third kappa shape index (κ3) is 5.96. The molecule has 3 aromatic rings. The Kier molecular flexibility index (Phi) is 7.48. The second-order valence-corrected chi connectivity index (χ2v) is 10.5. The summed E-state index contributed by atoms with van der Waals surface area (Å²) in [6.45, 7) is 6.92. The average Bonchev–Trinajstić information content (AvgIpc) is 3.02. The molecule has 2 aromatic carbocycles. The number of carbonyl (C=O) groups excluding carboxylic acids is 3. The highest BCUT2D eigenvalue weighted by Gasteiger charge is 2.22. The molecule has 1 amide bonds. The van der Waals surface area contributed by atoms with E-state index in [1.165, 1.54) is 37.2 Å². The first-order valence-electron chi connectivity index (χ1n) is 12.7. The molecule has 0 saturated heterocycles. The maximum absolute atomic E-state index is 13.5. The van der Waals surface area contributed by atoms with Crippen LogP contribution in [0.2, 0.25) is 0 Å². The molecule has 4 rings (SSSR count). The number of rotatable bonds is 5. The second-order valence-electron chi connectivity index (χ2n) is 10.5. The minimum atomic E-state index is -0.633. The van der Waals surface area contributed by atoms with Crippen LogP contribution in [-0.4, -0.2) is 34.0 Å². The van der Waals surface area contributed by atoms with Crippen LogP contribution in [0.15, 0.2) is 48.7 Å². The summed E-state index contributed by atoms with van der Waals surface area (Å²) in [6, 6.07) is 12.8. The Balaban J connectivity index is 1.68. The van der Waals surface area contributed by atoms with Crippen LogP contribution in [-0.2, 0) is 4.74 Å². The van der Waals surface area contributed by atoms with Crippen molar-refractivity contribution >= 4 is 40.1 Å². The topological polar surface area (TPSA) is 89.4 Å². The smallest absolute Gasteiger partial charge is 0.338 e. The van der Waals surface area contributed by atoms with Crippen LogP contribution in [0.4, 0.5) is 11.4 Å². The zero-order valence-electron chi connectivity index (χ0n) is 21.5. The molecule has 1 aliphatic rings. The summed E-state index contributed by atoms with van der Waals surface area (Å²) in [7, 11) is 0. The number of hydrogen-bond donors (Lipinski definition) is 2. The van der Waals surface area contributed by atoms with Crippen molar-refractivity contribution in [2.45, 2.75) is 77.9 Å². The molecular formula is C29H35N3O4. The predicted octanol–water partition coefficient (Wildman–Crippen LogP) is 6.64. The van der Waals surface area contributed by atoms with Gasteiger partial charge in [-0.05, 0) is 57.9 Å². The molecule has 1 aliphatic carbocycles. The number of carbonyl (C=O) groups is 3. The zero-order valence-corrected chi connectivity index (χ0v) is 21.5. The molecule has 1 saturated carbocycles. The molecule has 2 N–H and O–H groups in total. The highest BCUT2D eigenvalue weighted by Crippen LogP contribution is 2.30.